The molecule has 0 nitrogen and oxygen atoms in total. The lowest BCUT2D eigenvalue weighted by molar-refractivity contribution is 0.660. The summed E-state index contributed by atoms with van der Waals surface area (Å²) in [5, 5.41) is 0. The molecule has 0 aliphatic rings. The van der Waals surface area contributed by atoms with Crippen molar-refractivity contribution in [1.29, 1.82) is 0 Å². The SMILES string of the molecule is [CH2]C(C)CCC#CC(C)C. The molecule has 0 aliphatic heterocycles. The number of rotatable bonds is 2. The van der Waals surface area contributed by atoms with Crippen LogP contribution in [0.4, 0.5) is 0 Å². The monoisotopic (exact) mass is 137 g/mol. The van der Waals surface area contributed by atoms with E-state index in [-0.39, 0.29) is 0 Å². The fraction of sp³-hybridized carbons (Fsp3) is 0.700. The molecule has 0 rings (SSSR count). The molecule has 57 valence electrons. The zero-order valence-electron chi connectivity index (χ0n) is 7.28. The van der Waals surface area contributed by atoms with Crippen LogP contribution in [0.3, 0.4) is 0 Å². The highest BCUT2D eigenvalue weighted by atomic mass is 13.9. The second-order valence-corrected chi connectivity index (χ2v) is 3.12. The molecule has 0 fully saturated rings. The van der Waals surface area contributed by atoms with Crippen molar-refractivity contribution >= 4 is 0 Å². The van der Waals surface area contributed by atoms with Crippen LogP contribution in [0, 0.1) is 30.6 Å². The summed E-state index contributed by atoms with van der Waals surface area (Å²) in [5.41, 5.74) is 0. The van der Waals surface area contributed by atoms with Gasteiger partial charge in [0.25, 0.3) is 0 Å². The highest BCUT2D eigenvalue weighted by molar-refractivity contribution is 5.01. The van der Waals surface area contributed by atoms with E-state index in [2.05, 4.69) is 39.5 Å². The van der Waals surface area contributed by atoms with E-state index in [9.17, 15) is 0 Å². The first-order valence-corrected chi connectivity index (χ1v) is 3.94. The Bertz CT molecular complexity index is 121. The Morgan fingerprint density at radius 2 is 1.90 bits per heavy atom. The second-order valence-electron chi connectivity index (χ2n) is 3.12. The number of hydrogen-bond acceptors (Lipinski definition) is 0. The Balaban J connectivity index is 3.29. The summed E-state index contributed by atoms with van der Waals surface area (Å²) in [5.74, 6) is 7.31. The van der Waals surface area contributed by atoms with Gasteiger partial charge in [-0.25, -0.2) is 0 Å². The Morgan fingerprint density at radius 3 is 2.30 bits per heavy atom. The van der Waals surface area contributed by atoms with Crippen LogP contribution >= 0.6 is 0 Å². The standard InChI is InChI=1S/C10H17/c1-9(2)7-5-6-8-10(3)4/h9-10H,1,5,7H2,2-4H3. The van der Waals surface area contributed by atoms with Crippen molar-refractivity contribution in [3.05, 3.63) is 6.92 Å². The minimum absolute atomic E-state index is 0.514. The molecule has 0 aromatic rings. The van der Waals surface area contributed by atoms with Crippen molar-refractivity contribution < 1.29 is 0 Å². The first kappa shape index (κ1) is 9.56. The van der Waals surface area contributed by atoms with Crippen LogP contribution in [0.1, 0.15) is 33.6 Å². The van der Waals surface area contributed by atoms with Crippen LogP contribution in [0.5, 0.6) is 0 Å². The summed E-state index contributed by atoms with van der Waals surface area (Å²) < 4.78 is 0. The lowest BCUT2D eigenvalue weighted by Gasteiger charge is -1.96. The lowest BCUT2D eigenvalue weighted by Crippen LogP contribution is -1.85. The minimum atomic E-state index is 0.514. The molecule has 0 amide bonds. The van der Waals surface area contributed by atoms with Crippen molar-refractivity contribution in [2.45, 2.75) is 33.6 Å². The molecule has 0 aromatic heterocycles. The number of hydrogen-bond donors (Lipinski definition) is 0. The van der Waals surface area contributed by atoms with E-state index in [0.717, 1.165) is 12.8 Å². The van der Waals surface area contributed by atoms with Gasteiger partial charge in [-0.2, -0.15) is 0 Å². The average molecular weight is 137 g/mol. The second kappa shape index (κ2) is 5.35. The van der Waals surface area contributed by atoms with Crippen LogP contribution in [-0.2, 0) is 0 Å². The first-order chi connectivity index (χ1) is 4.63. The van der Waals surface area contributed by atoms with Crippen LogP contribution in [-0.4, -0.2) is 0 Å². The van der Waals surface area contributed by atoms with E-state index >= 15 is 0 Å². The van der Waals surface area contributed by atoms with Crippen molar-refractivity contribution in [1.82, 2.24) is 0 Å². The van der Waals surface area contributed by atoms with Crippen molar-refractivity contribution in [2.24, 2.45) is 11.8 Å². The quantitative estimate of drug-likeness (QED) is 0.513. The summed E-state index contributed by atoms with van der Waals surface area (Å²) in [6, 6.07) is 0. The van der Waals surface area contributed by atoms with Gasteiger partial charge in [0.15, 0.2) is 0 Å². The van der Waals surface area contributed by atoms with E-state index in [1.807, 2.05) is 0 Å². The van der Waals surface area contributed by atoms with Crippen LogP contribution in [0.2, 0.25) is 0 Å². The third kappa shape index (κ3) is 7.56. The Labute approximate surface area is 65.0 Å². The summed E-state index contributed by atoms with van der Waals surface area (Å²) in [6.45, 7) is 10.2. The largest absolute Gasteiger partial charge is 0.103 e. The molecule has 1 unspecified atom stereocenters. The Kier molecular flexibility index (Phi) is 5.12. The zero-order chi connectivity index (χ0) is 7.98. The Morgan fingerprint density at radius 1 is 1.30 bits per heavy atom. The molecule has 0 heteroatoms. The zero-order valence-corrected chi connectivity index (χ0v) is 7.28. The maximum Gasteiger partial charge on any atom is 0.0146 e. The lowest BCUT2D eigenvalue weighted by atomic mass is 10.1. The van der Waals surface area contributed by atoms with Crippen molar-refractivity contribution in [3.8, 4) is 11.8 Å². The molecule has 0 saturated carbocycles. The van der Waals surface area contributed by atoms with Gasteiger partial charge in [-0.3, -0.25) is 0 Å². The summed E-state index contributed by atoms with van der Waals surface area (Å²) in [4.78, 5) is 0. The molecule has 10 heavy (non-hydrogen) atoms. The molecular formula is C10H17. The predicted molar refractivity (Wildman–Crippen MR) is 46.4 cm³/mol. The van der Waals surface area contributed by atoms with Crippen molar-refractivity contribution in [3.63, 3.8) is 0 Å². The molecule has 0 N–H and O–H groups in total. The van der Waals surface area contributed by atoms with Gasteiger partial charge in [-0.05, 0) is 12.3 Å². The van der Waals surface area contributed by atoms with Gasteiger partial charge >= 0.3 is 0 Å². The fourth-order valence-electron chi connectivity index (χ4n) is 0.595. The van der Waals surface area contributed by atoms with Crippen LogP contribution < -0.4 is 0 Å². The summed E-state index contributed by atoms with van der Waals surface area (Å²) in [7, 11) is 0. The maximum absolute atomic E-state index is 3.89. The van der Waals surface area contributed by atoms with Gasteiger partial charge < -0.3 is 0 Å². The van der Waals surface area contributed by atoms with Gasteiger partial charge in [0.2, 0.25) is 0 Å². The fourth-order valence-corrected chi connectivity index (χ4v) is 0.595. The van der Waals surface area contributed by atoms with Crippen molar-refractivity contribution in [2.75, 3.05) is 0 Å². The topological polar surface area (TPSA) is 0 Å². The van der Waals surface area contributed by atoms with E-state index in [0.29, 0.717) is 11.8 Å². The molecule has 0 bridgehead atoms. The van der Waals surface area contributed by atoms with Gasteiger partial charge in [-0.1, -0.05) is 27.7 Å². The first-order valence-electron chi connectivity index (χ1n) is 3.94. The normalized spacial score (nSPS) is 9.80. The molecular weight excluding hydrogens is 120 g/mol. The van der Waals surface area contributed by atoms with Crippen LogP contribution in [0.15, 0.2) is 0 Å². The van der Waals surface area contributed by atoms with Crippen LogP contribution in [0.25, 0.3) is 0 Å². The highest BCUT2D eigenvalue weighted by Crippen LogP contribution is 2.01. The van der Waals surface area contributed by atoms with Gasteiger partial charge in [-0.15, -0.1) is 11.8 Å². The van der Waals surface area contributed by atoms with Gasteiger partial charge in [0, 0.05) is 12.3 Å². The Hall–Kier alpha value is -0.440. The molecule has 0 spiro atoms. The smallest absolute Gasteiger partial charge is 0.0146 e. The molecule has 0 saturated heterocycles. The third-order valence-electron chi connectivity index (χ3n) is 1.15. The minimum Gasteiger partial charge on any atom is -0.103 e. The molecule has 1 radical (unpaired) electrons. The van der Waals surface area contributed by atoms with E-state index in [4.69, 9.17) is 0 Å². The summed E-state index contributed by atoms with van der Waals surface area (Å²) in [6.07, 6.45) is 2.13. The van der Waals surface area contributed by atoms with E-state index < -0.39 is 0 Å². The highest BCUT2D eigenvalue weighted by Gasteiger charge is 1.89. The van der Waals surface area contributed by atoms with Gasteiger partial charge in [0.1, 0.15) is 0 Å². The third-order valence-corrected chi connectivity index (χ3v) is 1.15. The summed E-state index contributed by atoms with van der Waals surface area (Å²) >= 11 is 0. The van der Waals surface area contributed by atoms with E-state index in [1.54, 1.807) is 0 Å². The van der Waals surface area contributed by atoms with E-state index in [1.165, 1.54) is 0 Å². The maximum atomic E-state index is 3.89. The molecule has 1 atom stereocenters. The molecule has 0 aromatic carbocycles. The predicted octanol–water partition coefficient (Wildman–Crippen LogP) is 2.90. The average Bonchev–Trinajstić information content (AvgIpc) is 1.79. The van der Waals surface area contributed by atoms with Gasteiger partial charge in [0.05, 0.1) is 0 Å². The molecule has 0 heterocycles. The molecule has 0 aliphatic carbocycles.